The number of carbonyl (C=O) groups is 1. The maximum absolute atomic E-state index is 12.2. The van der Waals surface area contributed by atoms with Crippen molar-refractivity contribution in [2.24, 2.45) is 0 Å². The Bertz CT molecular complexity index is 498. The van der Waals surface area contributed by atoms with Crippen LogP contribution in [0.1, 0.15) is 20.3 Å². The van der Waals surface area contributed by atoms with Gasteiger partial charge in [-0.1, -0.05) is 11.1 Å². The lowest BCUT2D eigenvalue weighted by Gasteiger charge is -2.28. The summed E-state index contributed by atoms with van der Waals surface area (Å²) >= 11 is 0. The molecule has 108 valence electrons. The number of nitrogens with zero attached hydrogens (tertiary/aromatic N) is 2. The van der Waals surface area contributed by atoms with Crippen LogP contribution in [0, 0.1) is 0 Å². The highest BCUT2D eigenvalue weighted by atomic mass is 32.2. The van der Waals surface area contributed by atoms with Gasteiger partial charge in [-0.3, -0.25) is 0 Å². The SMILES string of the molecule is CC1=C(C)CN(S(=O)(=O)CCN2CCOC2=O)CC1. The minimum atomic E-state index is -3.30. The van der Waals surface area contributed by atoms with Gasteiger partial charge in [-0.2, -0.15) is 4.31 Å². The van der Waals surface area contributed by atoms with Gasteiger partial charge in [0.2, 0.25) is 10.0 Å². The predicted octanol–water partition coefficient (Wildman–Crippen LogP) is 0.811. The first-order chi connectivity index (χ1) is 8.90. The standard InChI is InChI=1S/C12H20N2O4S/c1-10-3-4-14(9-11(10)2)19(16,17)8-6-13-5-7-18-12(13)15/h3-9H2,1-2H3. The highest BCUT2D eigenvalue weighted by Gasteiger charge is 2.28. The Morgan fingerprint density at radius 3 is 2.53 bits per heavy atom. The maximum atomic E-state index is 12.2. The third-order valence-electron chi connectivity index (χ3n) is 3.74. The van der Waals surface area contributed by atoms with E-state index in [9.17, 15) is 13.2 Å². The molecule has 0 N–H and O–H groups in total. The normalized spacial score (nSPS) is 22.0. The molecule has 0 aliphatic carbocycles. The van der Waals surface area contributed by atoms with Crippen LogP contribution in [0.4, 0.5) is 4.79 Å². The van der Waals surface area contributed by atoms with Gasteiger partial charge in [0.05, 0.1) is 12.3 Å². The Balaban J connectivity index is 1.94. The lowest BCUT2D eigenvalue weighted by Crippen LogP contribution is -2.41. The Morgan fingerprint density at radius 2 is 1.95 bits per heavy atom. The van der Waals surface area contributed by atoms with Crippen LogP contribution in [0.2, 0.25) is 0 Å². The number of carbonyl (C=O) groups excluding carboxylic acids is 1. The third-order valence-corrected chi connectivity index (χ3v) is 5.53. The van der Waals surface area contributed by atoms with Crippen LogP contribution in [-0.4, -0.2) is 62.3 Å². The first-order valence-corrected chi connectivity index (χ1v) is 8.06. The van der Waals surface area contributed by atoms with Gasteiger partial charge in [0.1, 0.15) is 6.61 Å². The Labute approximate surface area is 114 Å². The summed E-state index contributed by atoms with van der Waals surface area (Å²) in [5.74, 6) is -0.0333. The zero-order valence-electron chi connectivity index (χ0n) is 11.4. The van der Waals surface area contributed by atoms with E-state index in [4.69, 9.17) is 4.74 Å². The summed E-state index contributed by atoms with van der Waals surface area (Å²) in [7, 11) is -3.30. The zero-order valence-corrected chi connectivity index (χ0v) is 12.2. The van der Waals surface area contributed by atoms with Gasteiger partial charge in [-0.15, -0.1) is 0 Å². The van der Waals surface area contributed by atoms with E-state index in [-0.39, 0.29) is 12.3 Å². The van der Waals surface area contributed by atoms with Crippen molar-refractivity contribution in [3.63, 3.8) is 0 Å². The molecule has 0 aromatic rings. The summed E-state index contributed by atoms with van der Waals surface area (Å²) < 4.78 is 30.7. The van der Waals surface area contributed by atoms with E-state index in [0.717, 1.165) is 12.0 Å². The van der Waals surface area contributed by atoms with Crippen LogP contribution < -0.4 is 0 Å². The zero-order chi connectivity index (χ0) is 14.0. The maximum Gasteiger partial charge on any atom is 0.409 e. The molecule has 1 fully saturated rings. The molecule has 0 atom stereocenters. The monoisotopic (exact) mass is 288 g/mol. The first-order valence-electron chi connectivity index (χ1n) is 6.45. The van der Waals surface area contributed by atoms with Crippen molar-refractivity contribution >= 4 is 16.1 Å². The quantitative estimate of drug-likeness (QED) is 0.718. The number of cyclic esters (lactones) is 1. The molecular weight excluding hydrogens is 268 g/mol. The fourth-order valence-electron chi connectivity index (χ4n) is 2.21. The molecule has 0 bridgehead atoms. The van der Waals surface area contributed by atoms with Gasteiger partial charge in [0.25, 0.3) is 0 Å². The molecule has 6 nitrogen and oxygen atoms in total. The number of ether oxygens (including phenoxy) is 1. The van der Waals surface area contributed by atoms with Gasteiger partial charge >= 0.3 is 6.09 Å². The van der Waals surface area contributed by atoms with Crippen LogP contribution in [0.5, 0.6) is 0 Å². The van der Waals surface area contributed by atoms with Crippen LogP contribution in [-0.2, 0) is 14.8 Å². The van der Waals surface area contributed by atoms with Crippen LogP contribution in [0.15, 0.2) is 11.1 Å². The molecule has 19 heavy (non-hydrogen) atoms. The molecule has 7 heteroatoms. The van der Waals surface area contributed by atoms with Crippen LogP contribution in [0.3, 0.4) is 0 Å². The van der Waals surface area contributed by atoms with Gasteiger partial charge in [-0.05, 0) is 20.3 Å². The third kappa shape index (κ3) is 3.27. The molecule has 0 aromatic carbocycles. The molecule has 0 spiro atoms. The highest BCUT2D eigenvalue weighted by Crippen LogP contribution is 2.19. The van der Waals surface area contributed by atoms with Crippen molar-refractivity contribution in [1.82, 2.24) is 9.21 Å². The molecular formula is C12H20N2O4S. The minimum Gasteiger partial charge on any atom is -0.448 e. The van der Waals surface area contributed by atoms with E-state index in [1.54, 1.807) is 0 Å². The summed E-state index contributed by atoms with van der Waals surface area (Å²) in [6.07, 6.45) is 0.373. The van der Waals surface area contributed by atoms with Gasteiger partial charge in [-0.25, -0.2) is 13.2 Å². The second-order valence-corrected chi connectivity index (χ2v) is 7.15. The van der Waals surface area contributed by atoms with Crippen LogP contribution in [0.25, 0.3) is 0 Å². The molecule has 2 aliphatic rings. The van der Waals surface area contributed by atoms with Crippen molar-refractivity contribution in [3.05, 3.63) is 11.1 Å². The summed E-state index contributed by atoms with van der Waals surface area (Å²) in [4.78, 5) is 12.7. The second kappa shape index (κ2) is 5.50. The van der Waals surface area contributed by atoms with Gasteiger partial charge < -0.3 is 9.64 Å². The van der Waals surface area contributed by atoms with E-state index in [2.05, 4.69) is 0 Å². The Morgan fingerprint density at radius 1 is 1.21 bits per heavy atom. The van der Waals surface area contributed by atoms with Gasteiger partial charge in [0, 0.05) is 19.6 Å². The number of sulfonamides is 1. The Hall–Kier alpha value is -1.08. The molecule has 0 radical (unpaired) electrons. The molecule has 2 rings (SSSR count). The largest absolute Gasteiger partial charge is 0.448 e. The van der Waals surface area contributed by atoms with Crippen molar-refractivity contribution in [1.29, 1.82) is 0 Å². The molecule has 1 saturated heterocycles. The molecule has 0 saturated carbocycles. The lowest BCUT2D eigenvalue weighted by atomic mass is 10.1. The van der Waals surface area contributed by atoms with E-state index in [0.29, 0.717) is 26.2 Å². The van der Waals surface area contributed by atoms with Crippen molar-refractivity contribution < 1.29 is 17.9 Å². The average molecular weight is 288 g/mol. The predicted molar refractivity (Wildman–Crippen MR) is 71.3 cm³/mol. The van der Waals surface area contributed by atoms with E-state index in [1.807, 2.05) is 13.8 Å². The summed E-state index contributed by atoms with van der Waals surface area (Å²) in [5.41, 5.74) is 2.39. The van der Waals surface area contributed by atoms with Crippen molar-refractivity contribution in [2.45, 2.75) is 20.3 Å². The summed E-state index contributed by atoms with van der Waals surface area (Å²) in [6, 6.07) is 0. The molecule has 0 unspecified atom stereocenters. The number of amides is 1. The molecule has 2 aliphatic heterocycles. The minimum absolute atomic E-state index is 0.0333. The van der Waals surface area contributed by atoms with Gasteiger partial charge in [0.15, 0.2) is 0 Å². The number of hydrogen-bond acceptors (Lipinski definition) is 4. The smallest absolute Gasteiger partial charge is 0.409 e. The van der Waals surface area contributed by atoms with E-state index < -0.39 is 16.1 Å². The number of rotatable bonds is 4. The average Bonchev–Trinajstić information content (AvgIpc) is 2.76. The highest BCUT2D eigenvalue weighted by molar-refractivity contribution is 7.89. The van der Waals surface area contributed by atoms with Crippen LogP contribution >= 0.6 is 0 Å². The second-order valence-electron chi connectivity index (χ2n) is 5.06. The first kappa shape index (κ1) is 14.3. The fraction of sp³-hybridized carbons (Fsp3) is 0.750. The molecule has 1 amide bonds. The fourth-order valence-corrected chi connectivity index (χ4v) is 3.67. The lowest BCUT2D eigenvalue weighted by molar-refractivity contribution is 0.160. The summed E-state index contributed by atoms with van der Waals surface area (Å²) in [5, 5.41) is 0. The van der Waals surface area contributed by atoms with E-state index >= 15 is 0 Å². The summed E-state index contributed by atoms with van der Waals surface area (Å²) in [6.45, 7) is 6.05. The van der Waals surface area contributed by atoms with Crippen molar-refractivity contribution in [3.8, 4) is 0 Å². The number of hydrogen-bond donors (Lipinski definition) is 0. The van der Waals surface area contributed by atoms with E-state index in [1.165, 1.54) is 14.8 Å². The topological polar surface area (TPSA) is 66.9 Å². The molecule has 2 heterocycles. The Kier molecular flexibility index (Phi) is 4.15. The van der Waals surface area contributed by atoms with Crippen molar-refractivity contribution in [2.75, 3.05) is 38.5 Å². The molecule has 0 aromatic heterocycles.